The Balaban J connectivity index is 1.70. The lowest BCUT2D eigenvalue weighted by molar-refractivity contribution is 0.102. The molecule has 3 aromatic rings. The SMILES string of the molecule is COc1cc(OC)cc(-c2nc(SCC(=O)c3ccc(Br)cc3)n[nH]2)c1. The lowest BCUT2D eigenvalue weighted by Crippen LogP contribution is -2.02. The van der Waals surface area contributed by atoms with Crippen molar-refractivity contribution in [3.8, 4) is 22.9 Å². The molecule has 0 unspecified atom stereocenters. The molecule has 1 heterocycles. The molecule has 134 valence electrons. The van der Waals surface area contributed by atoms with E-state index in [-0.39, 0.29) is 11.5 Å². The van der Waals surface area contributed by atoms with Crippen LogP contribution in [-0.2, 0) is 0 Å². The van der Waals surface area contributed by atoms with E-state index < -0.39 is 0 Å². The lowest BCUT2D eigenvalue weighted by atomic mass is 10.2. The Morgan fingerprint density at radius 2 is 1.77 bits per heavy atom. The second-order valence-corrected chi connectivity index (χ2v) is 7.14. The quantitative estimate of drug-likeness (QED) is 0.443. The Kier molecular flexibility index (Phi) is 5.95. The van der Waals surface area contributed by atoms with Crippen molar-refractivity contribution in [1.82, 2.24) is 15.2 Å². The number of halogens is 1. The van der Waals surface area contributed by atoms with Gasteiger partial charge in [0.15, 0.2) is 11.6 Å². The predicted molar refractivity (Wildman–Crippen MR) is 104 cm³/mol. The number of nitrogens with zero attached hydrogens (tertiary/aromatic N) is 2. The molecule has 26 heavy (non-hydrogen) atoms. The van der Waals surface area contributed by atoms with Crippen LogP contribution in [0.5, 0.6) is 11.5 Å². The third-order valence-corrected chi connectivity index (χ3v) is 4.96. The van der Waals surface area contributed by atoms with Crippen LogP contribution in [0.2, 0.25) is 0 Å². The van der Waals surface area contributed by atoms with Crippen LogP contribution < -0.4 is 9.47 Å². The predicted octanol–water partition coefficient (Wildman–Crippen LogP) is 4.23. The van der Waals surface area contributed by atoms with Gasteiger partial charge in [-0.1, -0.05) is 39.8 Å². The molecule has 0 radical (unpaired) electrons. The fourth-order valence-electron chi connectivity index (χ4n) is 2.23. The number of carbonyl (C=O) groups excluding carboxylic acids is 1. The summed E-state index contributed by atoms with van der Waals surface area (Å²) in [6.07, 6.45) is 0. The zero-order valence-electron chi connectivity index (χ0n) is 14.2. The topological polar surface area (TPSA) is 77.1 Å². The van der Waals surface area contributed by atoms with Crippen LogP contribution in [0.3, 0.4) is 0 Å². The number of benzene rings is 2. The van der Waals surface area contributed by atoms with Crippen LogP contribution >= 0.6 is 27.7 Å². The van der Waals surface area contributed by atoms with Gasteiger partial charge in [0.2, 0.25) is 5.16 Å². The third-order valence-electron chi connectivity index (χ3n) is 3.59. The molecule has 0 amide bonds. The molecule has 0 aliphatic rings. The monoisotopic (exact) mass is 433 g/mol. The number of methoxy groups -OCH3 is 2. The van der Waals surface area contributed by atoms with Gasteiger partial charge in [-0.05, 0) is 24.3 Å². The van der Waals surface area contributed by atoms with Crippen LogP contribution in [0, 0.1) is 0 Å². The van der Waals surface area contributed by atoms with E-state index in [0.29, 0.717) is 28.0 Å². The summed E-state index contributed by atoms with van der Waals surface area (Å²) in [5, 5.41) is 7.56. The number of ketones is 1. The Labute approximate surface area is 163 Å². The number of hydrogen-bond donors (Lipinski definition) is 1. The molecule has 3 rings (SSSR count). The van der Waals surface area contributed by atoms with Gasteiger partial charge in [-0.25, -0.2) is 4.98 Å². The Hall–Kier alpha value is -2.32. The fourth-order valence-corrected chi connectivity index (χ4v) is 3.19. The van der Waals surface area contributed by atoms with Crippen molar-refractivity contribution >= 4 is 33.5 Å². The summed E-state index contributed by atoms with van der Waals surface area (Å²) in [6, 6.07) is 12.7. The molecule has 0 saturated heterocycles. The van der Waals surface area contributed by atoms with Gasteiger partial charge in [0, 0.05) is 21.7 Å². The van der Waals surface area contributed by atoms with E-state index in [1.807, 2.05) is 24.3 Å². The third kappa shape index (κ3) is 4.44. The minimum absolute atomic E-state index is 0.0249. The first-order chi connectivity index (χ1) is 12.6. The number of thioether (sulfide) groups is 1. The van der Waals surface area contributed by atoms with Crippen molar-refractivity contribution in [3.05, 3.63) is 52.5 Å². The first kappa shape index (κ1) is 18.5. The van der Waals surface area contributed by atoms with Crippen LogP contribution in [-0.4, -0.2) is 40.9 Å². The highest BCUT2D eigenvalue weighted by Crippen LogP contribution is 2.28. The number of Topliss-reactive ketones (excluding diaryl/α,β-unsaturated/α-hetero) is 1. The van der Waals surface area contributed by atoms with Crippen molar-refractivity contribution in [3.63, 3.8) is 0 Å². The Bertz CT molecular complexity index is 890. The summed E-state index contributed by atoms with van der Waals surface area (Å²) < 4.78 is 11.5. The van der Waals surface area contributed by atoms with E-state index in [0.717, 1.165) is 10.0 Å². The molecule has 2 aromatic carbocycles. The van der Waals surface area contributed by atoms with Gasteiger partial charge in [0.05, 0.1) is 20.0 Å². The van der Waals surface area contributed by atoms with Gasteiger partial charge in [-0.2, -0.15) is 0 Å². The van der Waals surface area contributed by atoms with E-state index in [4.69, 9.17) is 9.47 Å². The molecule has 0 aliphatic heterocycles. The summed E-state index contributed by atoms with van der Waals surface area (Å²) in [5.41, 5.74) is 1.45. The van der Waals surface area contributed by atoms with Gasteiger partial charge >= 0.3 is 0 Å². The average molecular weight is 434 g/mol. The van der Waals surface area contributed by atoms with Crippen molar-refractivity contribution in [2.75, 3.05) is 20.0 Å². The van der Waals surface area contributed by atoms with Gasteiger partial charge in [-0.3, -0.25) is 9.89 Å². The van der Waals surface area contributed by atoms with Crippen LogP contribution in [0.4, 0.5) is 0 Å². The van der Waals surface area contributed by atoms with Crippen LogP contribution in [0.15, 0.2) is 52.1 Å². The maximum atomic E-state index is 12.2. The summed E-state index contributed by atoms with van der Waals surface area (Å²) >= 11 is 4.64. The summed E-state index contributed by atoms with van der Waals surface area (Å²) in [7, 11) is 3.18. The van der Waals surface area contributed by atoms with Crippen molar-refractivity contribution in [1.29, 1.82) is 0 Å². The first-order valence-corrected chi connectivity index (χ1v) is 9.44. The van der Waals surface area contributed by atoms with Gasteiger partial charge < -0.3 is 9.47 Å². The highest BCUT2D eigenvalue weighted by molar-refractivity contribution is 9.10. The molecule has 0 fully saturated rings. The molecule has 1 N–H and O–H groups in total. The Morgan fingerprint density at radius 3 is 2.38 bits per heavy atom. The molecular weight excluding hydrogens is 418 g/mol. The van der Waals surface area contributed by atoms with Crippen molar-refractivity contribution in [2.24, 2.45) is 0 Å². The number of ether oxygens (including phenoxy) is 2. The van der Waals surface area contributed by atoms with Crippen molar-refractivity contribution in [2.45, 2.75) is 5.16 Å². The van der Waals surface area contributed by atoms with Crippen LogP contribution in [0.1, 0.15) is 10.4 Å². The smallest absolute Gasteiger partial charge is 0.209 e. The highest BCUT2D eigenvalue weighted by Gasteiger charge is 2.12. The first-order valence-electron chi connectivity index (χ1n) is 7.66. The fraction of sp³-hybridized carbons (Fsp3) is 0.167. The van der Waals surface area contributed by atoms with E-state index in [1.54, 1.807) is 32.4 Å². The summed E-state index contributed by atoms with van der Waals surface area (Å²) in [5.74, 6) is 2.20. The highest BCUT2D eigenvalue weighted by atomic mass is 79.9. The van der Waals surface area contributed by atoms with E-state index >= 15 is 0 Å². The van der Waals surface area contributed by atoms with Crippen LogP contribution in [0.25, 0.3) is 11.4 Å². The molecular formula is C18H16BrN3O3S. The molecule has 0 atom stereocenters. The van der Waals surface area contributed by atoms with Crippen molar-refractivity contribution < 1.29 is 14.3 Å². The summed E-state index contributed by atoms with van der Waals surface area (Å²) in [4.78, 5) is 16.7. The molecule has 6 nitrogen and oxygen atoms in total. The van der Waals surface area contributed by atoms with E-state index in [9.17, 15) is 4.79 Å². The van der Waals surface area contributed by atoms with E-state index in [1.165, 1.54) is 11.8 Å². The minimum atomic E-state index is 0.0249. The average Bonchev–Trinajstić information content (AvgIpc) is 3.15. The van der Waals surface area contributed by atoms with Gasteiger partial charge in [0.1, 0.15) is 11.5 Å². The van der Waals surface area contributed by atoms with Gasteiger partial charge in [-0.15, -0.1) is 5.10 Å². The number of hydrogen-bond acceptors (Lipinski definition) is 6. The molecule has 8 heteroatoms. The largest absolute Gasteiger partial charge is 0.497 e. The zero-order valence-corrected chi connectivity index (χ0v) is 16.6. The number of nitrogens with one attached hydrogen (secondary N) is 1. The molecule has 1 aromatic heterocycles. The Morgan fingerprint density at radius 1 is 1.12 bits per heavy atom. The molecule has 0 spiro atoms. The standard InChI is InChI=1S/C18H16BrN3O3S/c1-24-14-7-12(8-15(9-14)25-2)17-20-18(22-21-17)26-10-16(23)11-3-5-13(19)6-4-11/h3-9H,10H2,1-2H3,(H,20,21,22). The van der Waals surface area contributed by atoms with E-state index in [2.05, 4.69) is 31.1 Å². The number of carbonyl (C=O) groups is 1. The maximum absolute atomic E-state index is 12.2. The lowest BCUT2D eigenvalue weighted by Gasteiger charge is -2.06. The maximum Gasteiger partial charge on any atom is 0.209 e. The number of H-pyrrole nitrogens is 1. The second-order valence-electron chi connectivity index (χ2n) is 5.29. The minimum Gasteiger partial charge on any atom is -0.497 e. The molecule has 0 bridgehead atoms. The molecule has 0 saturated carbocycles. The number of rotatable bonds is 7. The van der Waals surface area contributed by atoms with Gasteiger partial charge in [0.25, 0.3) is 0 Å². The second kappa shape index (κ2) is 8.37. The summed E-state index contributed by atoms with van der Waals surface area (Å²) in [6.45, 7) is 0. The number of aromatic amines is 1. The normalized spacial score (nSPS) is 10.6. The number of aromatic nitrogens is 3. The zero-order chi connectivity index (χ0) is 18.5. The molecule has 0 aliphatic carbocycles.